The van der Waals surface area contributed by atoms with E-state index in [0.29, 0.717) is 37.6 Å². The van der Waals surface area contributed by atoms with Crippen LogP contribution in [0.5, 0.6) is 0 Å². The Hall–Kier alpha value is -2.69. The molecule has 1 aromatic carbocycles. The summed E-state index contributed by atoms with van der Waals surface area (Å²) in [5, 5.41) is 8.68. The lowest BCUT2D eigenvalue weighted by atomic mass is 9.89. The van der Waals surface area contributed by atoms with E-state index in [9.17, 15) is 14.4 Å². The number of H-pyrrole nitrogens is 2. The van der Waals surface area contributed by atoms with Gasteiger partial charge >= 0.3 is 0 Å². The second kappa shape index (κ2) is 10.9. The van der Waals surface area contributed by atoms with Crippen LogP contribution in [-0.4, -0.2) is 56.4 Å². The summed E-state index contributed by atoms with van der Waals surface area (Å²) in [6, 6.07) is 5.85. The molecular weight excluding hydrogens is 626 g/mol. The number of hydrogen-bond acceptors (Lipinski definition) is 5. The van der Waals surface area contributed by atoms with Crippen LogP contribution in [-0.2, 0) is 22.6 Å². The van der Waals surface area contributed by atoms with E-state index in [1.165, 1.54) is 0 Å². The Labute approximate surface area is 255 Å². The summed E-state index contributed by atoms with van der Waals surface area (Å²) in [5.41, 5.74) is 4.29. The molecule has 3 aromatic heterocycles. The number of likely N-dealkylation sites (tertiary alicyclic amines) is 1. The van der Waals surface area contributed by atoms with E-state index < -0.39 is 5.92 Å². The zero-order valence-electron chi connectivity index (χ0n) is 23.4. The zero-order chi connectivity index (χ0) is 29.1. The summed E-state index contributed by atoms with van der Waals surface area (Å²) < 4.78 is 2.03. The highest BCUT2D eigenvalue weighted by molar-refractivity contribution is 9.11. The molecule has 2 amide bonds. The fraction of sp³-hybridized carbons (Fsp3) is 0.467. The molecule has 6 rings (SSSR count). The van der Waals surface area contributed by atoms with E-state index >= 15 is 0 Å². The molecule has 1 fully saturated rings. The monoisotopic (exact) mass is 657 g/mol. The van der Waals surface area contributed by atoms with Crippen LogP contribution in [0.2, 0.25) is 5.02 Å². The van der Waals surface area contributed by atoms with E-state index in [1.54, 1.807) is 17.5 Å². The number of pyridine rings is 1. The van der Waals surface area contributed by atoms with E-state index in [0.717, 1.165) is 54.4 Å². The molecule has 216 valence electrons. The number of carbonyl (C=O) groups is 2. The third kappa shape index (κ3) is 5.70. The van der Waals surface area contributed by atoms with Crippen molar-refractivity contribution in [3.05, 3.63) is 60.2 Å². The molecular formula is C30H33BrClN5O3S. The highest BCUT2D eigenvalue weighted by Gasteiger charge is 2.36. The van der Waals surface area contributed by atoms with Crippen molar-refractivity contribution < 1.29 is 9.59 Å². The maximum Gasteiger partial charge on any atom is 0.251 e. The van der Waals surface area contributed by atoms with Gasteiger partial charge in [0.2, 0.25) is 11.8 Å². The molecule has 2 N–H and O–H groups in total. The van der Waals surface area contributed by atoms with E-state index in [2.05, 4.69) is 51.9 Å². The number of fused-ring (bicyclic) bond motifs is 4. The lowest BCUT2D eigenvalue weighted by Crippen LogP contribution is -2.43. The summed E-state index contributed by atoms with van der Waals surface area (Å²) in [5.74, 6) is -0.370. The van der Waals surface area contributed by atoms with Gasteiger partial charge in [0.15, 0.2) is 0 Å². The Morgan fingerprint density at radius 1 is 1.20 bits per heavy atom. The van der Waals surface area contributed by atoms with Crippen molar-refractivity contribution in [1.82, 2.24) is 25.0 Å². The Kier molecular flexibility index (Phi) is 7.53. The number of nitrogens with one attached hydrogen (secondary N) is 2. The second-order valence-electron chi connectivity index (χ2n) is 12.6. The number of carbonyl (C=O) groups excluding carboxylic acids is 2. The largest absolute Gasteiger partial charge is 0.343 e. The smallest absolute Gasteiger partial charge is 0.251 e. The van der Waals surface area contributed by atoms with Gasteiger partial charge < -0.3 is 14.8 Å². The fourth-order valence-electron chi connectivity index (χ4n) is 6.36. The zero-order valence-corrected chi connectivity index (χ0v) is 26.5. The molecule has 11 heteroatoms. The summed E-state index contributed by atoms with van der Waals surface area (Å²) in [7, 11) is 0. The standard InChI is InChI=1S/C30H33BrClN5O3S/c1-30(2,3)15-37-14-21-17(9-22(32)27-20(21)13-33-35-27)8-18(29(37)40)10-26(38)36-6-4-16(5-7-36)19-11-24-23(34-28(19)39)12-25(31)41-24/h9,11-13,16,18H,4-8,10,14-15H2,1-3H3,(H,33,35)(H,34,39). The van der Waals surface area contributed by atoms with Crippen LogP contribution in [0.3, 0.4) is 0 Å². The number of aromatic nitrogens is 3. The van der Waals surface area contributed by atoms with Crippen LogP contribution in [0.25, 0.3) is 21.1 Å². The van der Waals surface area contributed by atoms with Crippen molar-refractivity contribution in [3.8, 4) is 0 Å². The lowest BCUT2D eigenvalue weighted by molar-refractivity contribution is -0.142. The van der Waals surface area contributed by atoms with Gasteiger partial charge in [0.05, 0.1) is 36.7 Å². The first-order chi connectivity index (χ1) is 19.5. The SMILES string of the molecule is CC(C)(C)CN1Cc2c(cc(Cl)c3[nH]ncc23)CC(CC(=O)N2CCC(c3cc4sc(Br)cc4[nH]c3=O)CC2)C1=O. The number of piperidine rings is 1. The first kappa shape index (κ1) is 28.4. The quantitative estimate of drug-likeness (QED) is 0.272. The van der Waals surface area contributed by atoms with Gasteiger partial charge in [-0.15, -0.1) is 11.3 Å². The second-order valence-corrected chi connectivity index (χ2v) is 15.4. The maximum absolute atomic E-state index is 13.9. The molecule has 0 aliphatic carbocycles. The lowest BCUT2D eigenvalue weighted by Gasteiger charge is -2.34. The molecule has 2 aliphatic heterocycles. The van der Waals surface area contributed by atoms with Crippen LogP contribution in [0.4, 0.5) is 0 Å². The topological polar surface area (TPSA) is 102 Å². The minimum absolute atomic E-state index is 0.00840. The number of amides is 2. The van der Waals surface area contributed by atoms with Crippen molar-refractivity contribution in [3.63, 3.8) is 0 Å². The molecule has 1 atom stereocenters. The van der Waals surface area contributed by atoms with Gasteiger partial charge in [-0.25, -0.2) is 0 Å². The minimum Gasteiger partial charge on any atom is -0.343 e. The molecule has 1 unspecified atom stereocenters. The third-order valence-electron chi connectivity index (χ3n) is 8.27. The minimum atomic E-state index is -0.466. The van der Waals surface area contributed by atoms with E-state index in [-0.39, 0.29) is 35.1 Å². The summed E-state index contributed by atoms with van der Waals surface area (Å²) >= 11 is 11.7. The number of rotatable bonds is 4. The average Bonchev–Trinajstić information content (AvgIpc) is 3.52. The molecule has 2 aliphatic rings. The highest BCUT2D eigenvalue weighted by Crippen LogP contribution is 2.36. The Morgan fingerprint density at radius 2 is 1.95 bits per heavy atom. The molecule has 4 aromatic rings. The molecule has 5 heterocycles. The highest BCUT2D eigenvalue weighted by atomic mass is 79.9. The summed E-state index contributed by atoms with van der Waals surface area (Å²) in [6.07, 6.45) is 3.83. The molecule has 8 nitrogen and oxygen atoms in total. The van der Waals surface area contributed by atoms with Gasteiger partial charge in [0, 0.05) is 43.5 Å². The van der Waals surface area contributed by atoms with Crippen LogP contribution in [0.1, 0.15) is 62.6 Å². The Bertz CT molecular complexity index is 1710. The number of benzene rings is 1. The van der Waals surface area contributed by atoms with Crippen LogP contribution >= 0.6 is 38.9 Å². The average molecular weight is 659 g/mol. The van der Waals surface area contributed by atoms with Crippen LogP contribution in [0, 0.1) is 11.3 Å². The van der Waals surface area contributed by atoms with Gasteiger partial charge in [-0.3, -0.25) is 19.5 Å². The van der Waals surface area contributed by atoms with Crippen molar-refractivity contribution in [2.75, 3.05) is 19.6 Å². The first-order valence-corrected chi connectivity index (χ1v) is 16.0. The molecule has 0 saturated carbocycles. The van der Waals surface area contributed by atoms with Crippen molar-refractivity contribution in [1.29, 1.82) is 0 Å². The van der Waals surface area contributed by atoms with E-state index in [4.69, 9.17) is 11.6 Å². The van der Waals surface area contributed by atoms with Gasteiger partial charge in [0.1, 0.15) is 0 Å². The summed E-state index contributed by atoms with van der Waals surface area (Å²) in [6.45, 7) is 8.54. The van der Waals surface area contributed by atoms with Crippen molar-refractivity contribution >= 4 is 71.8 Å². The van der Waals surface area contributed by atoms with Gasteiger partial charge in [-0.2, -0.15) is 5.10 Å². The number of thiophene rings is 1. The Morgan fingerprint density at radius 3 is 2.68 bits per heavy atom. The van der Waals surface area contributed by atoms with Crippen molar-refractivity contribution in [2.24, 2.45) is 11.3 Å². The fourth-order valence-corrected chi connectivity index (χ4v) is 8.18. The molecule has 1 saturated heterocycles. The number of halogens is 2. The van der Waals surface area contributed by atoms with Crippen LogP contribution < -0.4 is 5.56 Å². The van der Waals surface area contributed by atoms with Crippen molar-refractivity contribution in [2.45, 2.75) is 58.9 Å². The van der Waals surface area contributed by atoms with Gasteiger partial charge in [0.25, 0.3) is 5.56 Å². The number of aromatic amines is 2. The van der Waals surface area contributed by atoms with Gasteiger partial charge in [-0.1, -0.05) is 32.4 Å². The normalized spacial score (nSPS) is 18.8. The molecule has 41 heavy (non-hydrogen) atoms. The number of hydrogen-bond donors (Lipinski definition) is 2. The maximum atomic E-state index is 13.9. The van der Waals surface area contributed by atoms with Gasteiger partial charge in [-0.05, 0) is 75.9 Å². The van der Waals surface area contributed by atoms with Crippen LogP contribution in [0.15, 0.2) is 33.0 Å². The first-order valence-electron chi connectivity index (χ1n) is 14.0. The molecule has 0 radical (unpaired) electrons. The predicted molar refractivity (Wildman–Crippen MR) is 166 cm³/mol. The van der Waals surface area contributed by atoms with E-state index in [1.807, 2.05) is 28.0 Å². The Balaban J connectivity index is 1.20. The molecule has 0 bridgehead atoms. The third-order valence-corrected chi connectivity index (χ3v) is 10.2. The summed E-state index contributed by atoms with van der Waals surface area (Å²) in [4.78, 5) is 47.1. The molecule has 0 spiro atoms. The number of nitrogens with zero attached hydrogens (tertiary/aromatic N) is 3. The predicted octanol–water partition coefficient (Wildman–Crippen LogP) is 6.23.